The highest BCUT2D eigenvalue weighted by Crippen LogP contribution is 2.42. The monoisotopic (exact) mass is 399 g/mol. The van der Waals surface area contributed by atoms with Gasteiger partial charge in [-0.3, -0.25) is 0 Å². The van der Waals surface area contributed by atoms with Crippen LogP contribution in [-0.4, -0.2) is 35.5 Å². The van der Waals surface area contributed by atoms with E-state index in [4.69, 9.17) is 5.73 Å². The summed E-state index contributed by atoms with van der Waals surface area (Å²) in [6.45, 7) is 0.209. The minimum atomic E-state index is -3.27. The maximum absolute atomic E-state index is 11.4. The van der Waals surface area contributed by atoms with Crippen molar-refractivity contribution in [2.45, 2.75) is 25.4 Å². The largest absolute Gasteiger partial charge is 0.383 e. The van der Waals surface area contributed by atoms with Crippen molar-refractivity contribution in [2.24, 2.45) is 5.92 Å². The molecule has 2 heterocycles. The number of aldehydes is 1. The summed E-state index contributed by atoms with van der Waals surface area (Å²) in [5, 5.41) is 0.769. The van der Waals surface area contributed by atoms with Gasteiger partial charge in [0.2, 0.25) is 10.0 Å². The average Bonchev–Trinajstić information content (AvgIpc) is 3.00. The number of nitrogen functional groups attached to an aromatic ring is 1. The van der Waals surface area contributed by atoms with Crippen LogP contribution in [0.2, 0.25) is 0 Å². The second kappa shape index (κ2) is 6.99. The van der Waals surface area contributed by atoms with Gasteiger partial charge in [0, 0.05) is 30.3 Å². The zero-order chi connectivity index (χ0) is 19.9. The molecular weight excluding hydrogens is 378 g/mol. The summed E-state index contributed by atoms with van der Waals surface area (Å²) in [4.78, 5) is 19.5. The number of hydrogen-bond acceptors (Lipinski definition) is 6. The van der Waals surface area contributed by atoms with Gasteiger partial charge in [0.1, 0.15) is 24.1 Å². The van der Waals surface area contributed by atoms with E-state index in [2.05, 4.69) is 19.3 Å². The molecule has 1 aromatic carbocycles. The summed E-state index contributed by atoms with van der Waals surface area (Å²) >= 11 is 0. The third-order valence-corrected chi connectivity index (χ3v) is 5.82. The Balaban J connectivity index is 1.76. The minimum absolute atomic E-state index is 0.0930. The van der Waals surface area contributed by atoms with Gasteiger partial charge in [0.05, 0.1) is 11.6 Å². The molecule has 0 amide bonds. The molecule has 0 radical (unpaired) electrons. The summed E-state index contributed by atoms with van der Waals surface area (Å²) in [5.74, 6) is 0.486. The highest BCUT2D eigenvalue weighted by Gasteiger charge is 2.32. The molecule has 0 aliphatic heterocycles. The fourth-order valence-corrected chi connectivity index (χ4v) is 4.07. The first-order chi connectivity index (χ1) is 13.4. The second-order valence-electron chi connectivity index (χ2n) is 7.22. The molecule has 0 spiro atoms. The van der Waals surface area contributed by atoms with Crippen LogP contribution in [0, 0.1) is 5.92 Å². The van der Waals surface area contributed by atoms with Gasteiger partial charge in [-0.2, -0.15) is 0 Å². The molecule has 28 heavy (non-hydrogen) atoms. The van der Waals surface area contributed by atoms with E-state index in [1.54, 1.807) is 0 Å². The van der Waals surface area contributed by atoms with E-state index < -0.39 is 10.0 Å². The molecule has 1 saturated carbocycles. The molecule has 146 valence electrons. The molecule has 0 bridgehead atoms. The van der Waals surface area contributed by atoms with Crippen molar-refractivity contribution in [3.8, 4) is 11.1 Å². The molecule has 0 saturated heterocycles. The van der Waals surface area contributed by atoms with E-state index in [0.717, 1.165) is 53.1 Å². The predicted molar refractivity (Wildman–Crippen MR) is 107 cm³/mol. The molecule has 0 atom stereocenters. The van der Waals surface area contributed by atoms with Crippen molar-refractivity contribution in [3.63, 3.8) is 0 Å². The smallest absolute Gasteiger partial charge is 0.209 e. The molecule has 1 aliphatic carbocycles. The van der Waals surface area contributed by atoms with Gasteiger partial charge in [-0.1, -0.05) is 18.2 Å². The van der Waals surface area contributed by atoms with Gasteiger partial charge in [-0.05, 0) is 30.0 Å². The maximum atomic E-state index is 11.4. The molecular formula is C19H21N5O3S. The SMILES string of the molecule is CS(=O)(=O)NCc1cccc(-c2cn([C@H]3C[C@H](C=O)C3)c3ncnc(N)c23)c1. The Kier molecular flexibility index (Phi) is 4.64. The molecule has 8 nitrogen and oxygen atoms in total. The van der Waals surface area contributed by atoms with Crippen molar-refractivity contribution >= 4 is 33.2 Å². The lowest BCUT2D eigenvalue weighted by Crippen LogP contribution is -2.27. The Labute approximate surface area is 162 Å². The molecule has 9 heteroatoms. The number of carbonyl (C=O) groups excluding carboxylic acids is 1. The van der Waals surface area contributed by atoms with Crippen LogP contribution >= 0.6 is 0 Å². The van der Waals surface area contributed by atoms with Crippen molar-refractivity contribution in [2.75, 3.05) is 12.0 Å². The van der Waals surface area contributed by atoms with Crippen LogP contribution in [0.1, 0.15) is 24.4 Å². The van der Waals surface area contributed by atoms with Crippen LogP contribution < -0.4 is 10.5 Å². The van der Waals surface area contributed by atoms with E-state index in [-0.39, 0.29) is 18.5 Å². The molecule has 3 aromatic rings. The summed E-state index contributed by atoms with van der Waals surface area (Å²) in [7, 11) is -3.27. The lowest BCUT2D eigenvalue weighted by atomic mass is 9.81. The number of nitrogens with zero attached hydrogens (tertiary/aromatic N) is 3. The number of fused-ring (bicyclic) bond motifs is 1. The molecule has 1 aliphatic rings. The number of sulfonamides is 1. The topological polar surface area (TPSA) is 120 Å². The molecule has 3 N–H and O–H groups in total. The first kappa shape index (κ1) is 18.6. The maximum Gasteiger partial charge on any atom is 0.209 e. The fourth-order valence-electron chi connectivity index (χ4n) is 3.64. The van der Waals surface area contributed by atoms with Gasteiger partial charge >= 0.3 is 0 Å². The zero-order valence-corrected chi connectivity index (χ0v) is 16.2. The molecule has 0 unspecified atom stereocenters. The summed E-state index contributed by atoms with van der Waals surface area (Å²) in [6.07, 6.45) is 7.16. The van der Waals surface area contributed by atoms with Crippen molar-refractivity contribution < 1.29 is 13.2 Å². The van der Waals surface area contributed by atoms with Crippen LogP contribution in [-0.2, 0) is 21.4 Å². The first-order valence-electron chi connectivity index (χ1n) is 8.96. The van der Waals surface area contributed by atoms with Crippen molar-refractivity contribution in [1.82, 2.24) is 19.3 Å². The third-order valence-electron chi connectivity index (χ3n) is 5.15. The predicted octanol–water partition coefficient (Wildman–Crippen LogP) is 1.88. The Bertz CT molecular complexity index is 1150. The number of hydrogen-bond donors (Lipinski definition) is 2. The quantitative estimate of drug-likeness (QED) is 0.611. The van der Waals surface area contributed by atoms with Gasteiger partial charge in [-0.25, -0.2) is 23.1 Å². The number of rotatable bonds is 6. The summed E-state index contributed by atoms with van der Waals surface area (Å²) in [6, 6.07) is 7.82. The Morgan fingerprint density at radius 3 is 2.82 bits per heavy atom. The van der Waals surface area contributed by atoms with Crippen LogP contribution in [0.3, 0.4) is 0 Å². The molecule has 1 fully saturated rings. The standard InChI is InChI=1S/C19H21N5O3S/c1-28(26,27)23-8-12-3-2-4-14(5-12)16-9-24(15-6-13(7-15)10-25)19-17(16)18(20)21-11-22-19/h2-5,9-11,13,15,23H,6-8H2,1H3,(H2,20,21,22)/t13-,15-. The third kappa shape index (κ3) is 3.50. The lowest BCUT2D eigenvalue weighted by molar-refractivity contribution is -0.114. The second-order valence-corrected chi connectivity index (χ2v) is 9.06. The van der Waals surface area contributed by atoms with Gasteiger partial charge in [-0.15, -0.1) is 0 Å². The minimum Gasteiger partial charge on any atom is -0.383 e. The normalized spacial score (nSPS) is 19.5. The number of anilines is 1. The fraction of sp³-hybridized carbons (Fsp3) is 0.316. The molecule has 4 rings (SSSR count). The van der Waals surface area contributed by atoms with Crippen LogP contribution in [0.25, 0.3) is 22.2 Å². The van der Waals surface area contributed by atoms with Gasteiger partial charge in [0.25, 0.3) is 0 Å². The van der Waals surface area contributed by atoms with E-state index in [1.807, 2.05) is 30.5 Å². The van der Waals surface area contributed by atoms with E-state index in [0.29, 0.717) is 5.82 Å². The zero-order valence-electron chi connectivity index (χ0n) is 15.4. The first-order valence-corrected chi connectivity index (χ1v) is 10.8. The van der Waals surface area contributed by atoms with E-state index in [9.17, 15) is 13.2 Å². The Hall–Kier alpha value is -2.78. The van der Waals surface area contributed by atoms with Crippen molar-refractivity contribution in [1.29, 1.82) is 0 Å². The number of aromatic nitrogens is 3. The average molecular weight is 399 g/mol. The lowest BCUT2D eigenvalue weighted by Gasteiger charge is -2.33. The van der Waals surface area contributed by atoms with E-state index in [1.165, 1.54) is 6.33 Å². The Morgan fingerprint density at radius 2 is 2.11 bits per heavy atom. The number of benzene rings is 1. The van der Waals surface area contributed by atoms with Crippen LogP contribution in [0.5, 0.6) is 0 Å². The van der Waals surface area contributed by atoms with Crippen LogP contribution in [0.15, 0.2) is 36.8 Å². The number of nitrogens with two attached hydrogens (primary N) is 1. The summed E-state index contributed by atoms with van der Waals surface area (Å²) < 4.78 is 27.3. The summed E-state index contributed by atoms with van der Waals surface area (Å²) in [5.41, 5.74) is 9.55. The Morgan fingerprint density at radius 1 is 1.32 bits per heavy atom. The number of carbonyl (C=O) groups is 1. The van der Waals surface area contributed by atoms with Gasteiger partial charge < -0.3 is 15.1 Å². The number of nitrogens with one attached hydrogen (secondary N) is 1. The highest BCUT2D eigenvalue weighted by molar-refractivity contribution is 7.88. The van der Waals surface area contributed by atoms with Crippen molar-refractivity contribution in [3.05, 3.63) is 42.4 Å². The van der Waals surface area contributed by atoms with Crippen LogP contribution in [0.4, 0.5) is 5.82 Å². The van der Waals surface area contributed by atoms with E-state index >= 15 is 0 Å². The molecule has 2 aromatic heterocycles. The van der Waals surface area contributed by atoms with Gasteiger partial charge in [0.15, 0.2) is 0 Å². The highest BCUT2D eigenvalue weighted by atomic mass is 32.2.